The predicted octanol–water partition coefficient (Wildman–Crippen LogP) is 2.79. The minimum absolute atomic E-state index is 0.104. The Balaban J connectivity index is 1.89. The molecule has 0 spiro atoms. The van der Waals surface area contributed by atoms with Crippen molar-refractivity contribution in [2.45, 2.75) is 32.2 Å². The summed E-state index contributed by atoms with van der Waals surface area (Å²) in [4.78, 5) is 2.15. The van der Waals surface area contributed by atoms with Crippen LogP contribution in [-0.4, -0.2) is 25.7 Å². The quantitative estimate of drug-likeness (QED) is 0.864. The van der Waals surface area contributed by atoms with Gasteiger partial charge in [-0.05, 0) is 37.9 Å². The highest BCUT2D eigenvalue weighted by Gasteiger charge is 2.20. The molecule has 0 atom stereocenters. The van der Waals surface area contributed by atoms with Crippen molar-refractivity contribution in [2.75, 3.05) is 24.5 Å². The maximum absolute atomic E-state index is 13.6. The molecule has 0 saturated carbocycles. The van der Waals surface area contributed by atoms with Gasteiger partial charge in [-0.1, -0.05) is 19.1 Å². The Morgan fingerprint density at radius 2 is 2.00 bits per heavy atom. The van der Waals surface area contributed by atoms with Gasteiger partial charge in [-0.25, -0.2) is 4.39 Å². The molecule has 1 aromatic rings. The molecule has 0 bridgehead atoms. The molecule has 3 heteroatoms. The summed E-state index contributed by atoms with van der Waals surface area (Å²) in [7, 11) is 0. The van der Waals surface area contributed by atoms with Gasteiger partial charge in [0, 0.05) is 19.1 Å². The zero-order valence-electron chi connectivity index (χ0n) is 10.5. The lowest BCUT2D eigenvalue weighted by molar-refractivity contribution is 0.413. The second kappa shape index (κ2) is 6.01. The number of nitrogens with one attached hydrogen (secondary N) is 1. The average molecular weight is 236 g/mol. The third kappa shape index (κ3) is 3.19. The summed E-state index contributed by atoms with van der Waals surface area (Å²) in [6, 6.07) is 7.66. The Hall–Kier alpha value is -1.09. The van der Waals surface area contributed by atoms with Crippen molar-refractivity contribution in [1.82, 2.24) is 5.32 Å². The molecule has 1 heterocycles. The molecular weight excluding hydrogens is 215 g/mol. The van der Waals surface area contributed by atoms with Crippen molar-refractivity contribution in [3.63, 3.8) is 0 Å². The Labute approximate surface area is 103 Å². The molecule has 0 aliphatic carbocycles. The van der Waals surface area contributed by atoms with Crippen LogP contribution in [0.2, 0.25) is 0 Å². The van der Waals surface area contributed by atoms with Gasteiger partial charge in [0.1, 0.15) is 5.82 Å². The van der Waals surface area contributed by atoms with Gasteiger partial charge >= 0.3 is 0 Å². The molecule has 1 aromatic carbocycles. The van der Waals surface area contributed by atoms with Gasteiger partial charge in [0.25, 0.3) is 0 Å². The van der Waals surface area contributed by atoms with E-state index < -0.39 is 0 Å². The van der Waals surface area contributed by atoms with E-state index >= 15 is 0 Å². The third-order valence-electron chi connectivity index (χ3n) is 3.37. The van der Waals surface area contributed by atoms with Crippen LogP contribution >= 0.6 is 0 Å². The molecule has 1 saturated heterocycles. The first-order chi connectivity index (χ1) is 8.31. The van der Waals surface area contributed by atoms with E-state index in [1.807, 2.05) is 12.1 Å². The van der Waals surface area contributed by atoms with Gasteiger partial charge in [-0.3, -0.25) is 0 Å². The number of para-hydroxylation sites is 1. The topological polar surface area (TPSA) is 15.3 Å². The molecule has 0 radical (unpaired) electrons. The molecule has 17 heavy (non-hydrogen) atoms. The number of benzene rings is 1. The van der Waals surface area contributed by atoms with Crippen LogP contribution in [0.25, 0.3) is 0 Å². The van der Waals surface area contributed by atoms with Gasteiger partial charge in [-0.15, -0.1) is 0 Å². The normalized spacial score (nSPS) is 17.4. The number of halogens is 1. The fraction of sp³-hybridized carbons (Fsp3) is 0.571. The molecule has 94 valence electrons. The lowest BCUT2D eigenvalue weighted by atomic mass is 10.0. The van der Waals surface area contributed by atoms with E-state index in [1.165, 1.54) is 12.5 Å². The molecule has 2 nitrogen and oxygen atoms in total. The van der Waals surface area contributed by atoms with E-state index in [-0.39, 0.29) is 5.82 Å². The maximum Gasteiger partial charge on any atom is 0.146 e. The van der Waals surface area contributed by atoms with Crippen LogP contribution in [0.1, 0.15) is 26.2 Å². The number of piperidine rings is 1. The minimum Gasteiger partial charge on any atom is -0.369 e. The Morgan fingerprint density at radius 3 is 2.65 bits per heavy atom. The highest BCUT2D eigenvalue weighted by atomic mass is 19.1. The Kier molecular flexibility index (Phi) is 4.37. The van der Waals surface area contributed by atoms with Crippen molar-refractivity contribution < 1.29 is 4.39 Å². The Morgan fingerprint density at radius 1 is 1.29 bits per heavy atom. The van der Waals surface area contributed by atoms with Crippen molar-refractivity contribution in [2.24, 2.45) is 0 Å². The minimum atomic E-state index is -0.104. The molecule has 0 unspecified atom stereocenters. The van der Waals surface area contributed by atoms with Crippen molar-refractivity contribution in [3.8, 4) is 0 Å². The van der Waals surface area contributed by atoms with Crippen LogP contribution in [-0.2, 0) is 0 Å². The summed E-state index contributed by atoms with van der Waals surface area (Å²) < 4.78 is 13.6. The summed E-state index contributed by atoms with van der Waals surface area (Å²) in [5.41, 5.74) is 0.751. The summed E-state index contributed by atoms with van der Waals surface area (Å²) in [5, 5.41) is 3.54. The number of nitrogens with zero attached hydrogens (tertiary/aromatic N) is 1. The van der Waals surface area contributed by atoms with Crippen molar-refractivity contribution >= 4 is 5.69 Å². The smallest absolute Gasteiger partial charge is 0.146 e. The second-order valence-electron chi connectivity index (χ2n) is 4.67. The van der Waals surface area contributed by atoms with E-state index in [4.69, 9.17) is 0 Å². The molecule has 1 fully saturated rings. The zero-order chi connectivity index (χ0) is 12.1. The largest absolute Gasteiger partial charge is 0.369 e. The van der Waals surface area contributed by atoms with Gasteiger partial charge in [0.15, 0.2) is 0 Å². The number of rotatable bonds is 4. The fourth-order valence-corrected chi connectivity index (χ4v) is 2.38. The summed E-state index contributed by atoms with van der Waals surface area (Å²) in [6.07, 6.45) is 3.39. The first kappa shape index (κ1) is 12.4. The van der Waals surface area contributed by atoms with Gasteiger partial charge in [0.2, 0.25) is 0 Å². The van der Waals surface area contributed by atoms with Crippen LogP contribution in [0.15, 0.2) is 24.3 Å². The van der Waals surface area contributed by atoms with Crippen LogP contribution in [0, 0.1) is 5.82 Å². The lowest BCUT2D eigenvalue weighted by Gasteiger charge is -2.34. The average Bonchev–Trinajstić information content (AvgIpc) is 2.38. The molecule has 1 aliphatic rings. The molecule has 0 aromatic heterocycles. The third-order valence-corrected chi connectivity index (χ3v) is 3.37. The van der Waals surface area contributed by atoms with E-state index in [0.29, 0.717) is 6.04 Å². The molecular formula is C14H21FN2. The number of hydrogen-bond donors (Lipinski definition) is 1. The highest BCUT2D eigenvalue weighted by molar-refractivity contribution is 5.47. The standard InChI is InChI=1S/C14H21FN2/c1-2-9-16-12-7-10-17(11-8-12)14-6-4-3-5-13(14)15/h3-6,12,16H,2,7-11H2,1H3. The zero-order valence-corrected chi connectivity index (χ0v) is 10.5. The predicted molar refractivity (Wildman–Crippen MR) is 69.9 cm³/mol. The number of hydrogen-bond acceptors (Lipinski definition) is 2. The molecule has 2 rings (SSSR count). The van der Waals surface area contributed by atoms with Crippen LogP contribution in [0.5, 0.6) is 0 Å². The van der Waals surface area contributed by atoms with Gasteiger partial charge in [-0.2, -0.15) is 0 Å². The van der Waals surface area contributed by atoms with E-state index in [0.717, 1.165) is 38.2 Å². The summed E-state index contributed by atoms with van der Waals surface area (Å²) in [5.74, 6) is -0.104. The van der Waals surface area contributed by atoms with Gasteiger partial charge in [0.05, 0.1) is 5.69 Å². The van der Waals surface area contributed by atoms with Crippen LogP contribution < -0.4 is 10.2 Å². The van der Waals surface area contributed by atoms with E-state index in [1.54, 1.807) is 6.07 Å². The van der Waals surface area contributed by atoms with Crippen molar-refractivity contribution in [1.29, 1.82) is 0 Å². The molecule has 0 amide bonds. The second-order valence-corrected chi connectivity index (χ2v) is 4.67. The monoisotopic (exact) mass is 236 g/mol. The summed E-state index contributed by atoms with van der Waals surface area (Å²) >= 11 is 0. The number of anilines is 1. The Bertz CT molecular complexity index is 346. The van der Waals surface area contributed by atoms with Crippen LogP contribution in [0.4, 0.5) is 10.1 Å². The SMILES string of the molecule is CCCNC1CCN(c2ccccc2F)CC1. The van der Waals surface area contributed by atoms with Crippen molar-refractivity contribution in [3.05, 3.63) is 30.1 Å². The maximum atomic E-state index is 13.6. The van der Waals surface area contributed by atoms with Gasteiger partial charge < -0.3 is 10.2 Å². The molecule has 1 aliphatic heterocycles. The highest BCUT2D eigenvalue weighted by Crippen LogP contribution is 2.22. The van der Waals surface area contributed by atoms with E-state index in [2.05, 4.69) is 17.1 Å². The lowest BCUT2D eigenvalue weighted by Crippen LogP contribution is -2.43. The molecule has 1 N–H and O–H groups in total. The van der Waals surface area contributed by atoms with E-state index in [9.17, 15) is 4.39 Å². The first-order valence-electron chi connectivity index (χ1n) is 6.54. The fourth-order valence-electron chi connectivity index (χ4n) is 2.38. The first-order valence-corrected chi connectivity index (χ1v) is 6.54. The van der Waals surface area contributed by atoms with Crippen LogP contribution in [0.3, 0.4) is 0 Å². The summed E-state index contributed by atoms with van der Waals surface area (Å²) in [6.45, 7) is 5.16.